The number of nitriles is 1. The predicted octanol–water partition coefficient (Wildman–Crippen LogP) is 0.531. The molecule has 1 fully saturated rings. The van der Waals surface area contributed by atoms with Gasteiger partial charge in [-0.05, 0) is 44.0 Å². The van der Waals surface area contributed by atoms with Crippen molar-refractivity contribution in [2.24, 2.45) is 0 Å². The van der Waals surface area contributed by atoms with E-state index in [1.807, 2.05) is 7.05 Å². The molecule has 1 saturated heterocycles. The van der Waals surface area contributed by atoms with Crippen molar-refractivity contribution in [2.75, 3.05) is 25.9 Å². The van der Waals surface area contributed by atoms with Gasteiger partial charge in [-0.15, -0.1) is 0 Å². The number of nitrogens with zero attached hydrogens (tertiary/aromatic N) is 3. The largest absolute Gasteiger partial charge is 0.306 e. The molecule has 0 unspecified atom stereocenters. The Bertz CT molecular complexity index is 602. The molecule has 1 aromatic heterocycles. The van der Waals surface area contributed by atoms with Gasteiger partial charge in [-0.1, -0.05) is 0 Å². The molecule has 1 N–H and O–H groups in total. The van der Waals surface area contributed by atoms with Crippen LogP contribution < -0.4 is 4.72 Å². The number of pyridine rings is 1. The number of sulfonamides is 1. The molecule has 6 nitrogen and oxygen atoms in total. The van der Waals surface area contributed by atoms with Crippen molar-refractivity contribution in [3.8, 4) is 6.07 Å². The van der Waals surface area contributed by atoms with Gasteiger partial charge in [0.2, 0.25) is 10.0 Å². The Balaban J connectivity index is 1.98. The fourth-order valence-electron chi connectivity index (χ4n) is 2.39. The minimum atomic E-state index is -3.48. The number of hydrogen-bond donors (Lipinski definition) is 1. The molecule has 0 amide bonds. The zero-order valence-corrected chi connectivity index (χ0v) is 12.9. The average Bonchev–Trinajstić information content (AvgIpc) is 2.49. The van der Waals surface area contributed by atoms with E-state index in [1.54, 1.807) is 24.5 Å². The maximum atomic E-state index is 12.2. The first kappa shape index (κ1) is 15.9. The summed E-state index contributed by atoms with van der Waals surface area (Å²) in [6.07, 6.45) is 4.74. The van der Waals surface area contributed by atoms with E-state index < -0.39 is 15.6 Å². The zero-order valence-electron chi connectivity index (χ0n) is 12.1. The van der Waals surface area contributed by atoms with Gasteiger partial charge in [0.1, 0.15) is 5.54 Å². The first-order valence-electron chi connectivity index (χ1n) is 6.95. The van der Waals surface area contributed by atoms with Crippen molar-refractivity contribution in [3.05, 3.63) is 30.1 Å². The third-order valence-corrected chi connectivity index (χ3v) is 5.26. The first-order valence-corrected chi connectivity index (χ1v) is 8.60. The maximum Gasteiger partial charge on any atom is 0.213 e. The fourth-order valence-corrected chi connectivity index (χ4v) is 3.84. The SMILES string of the molecule is CN1CCC(C#N)(NS(=O)(=O)CCc2ccncc2)CC1. The molecule has 0 atom stereocenters. The molecule has 21 heavy (non-hydrogen) atoms. The molecule has 2 heterocycles. The number of hydrogen-bond acceptors (Lipinski definition) is 5. The monoisotopic (exact) mass is 308 g/mol. The Morgan fingerprint density at radius 1 is 1.38 bits per heavy atom. The lowest BCUT2D eigenvalue weighted by Gasteiger charge is -2.35. The van der Waals surface area contributed by atoms with Crippen LogP contribution in [-0.4, -0.2) is 49.7 Å². The number of rotatable bonds is 5. The highest BCUT2D eigenvalue weighted by Gasteiger charge is 2.37. The maximum absolute atomic E-state index is 12.2. The molecular formula is C14H20N4O2S. The number of piperidine rings is 1. The van der Waals surface area contributed by atoms with Gasteiger partial charge in [0.05, 0.1) is 11.8 Å². The first-order chi connectivity index (χ1) is 9.95. The minimum absolute atomic E-state index is 0.0176. The molecule has 1 aromatic rings. The normalized spacial score (nSPS) is 19.0. The van der Waals surface area contributed by atoms with Crippen LogP contribution in [0, 0.1) is 11.3 Å². The molecule has 1 aliphatic rings. The van der Waals surface area contributed by atoms with Crippen molar-refractivity contribution in [1.82, 2.24) is 14.6 Å². The van der Waals surface area contributed by atoms with Gasteiger partial charge in [0.25, 0.3) is 0 Å². The van der Waals surface area contributed by atoms with Crippen LogP contribution >= 0.6 is 0 Å². The Labute approximate surface area is 125 Å². The summed E-state index contributed by atoms with van der Waals surface area (Å²) in [6.45, 7) is 1.45. The van der Waals surface area contributed by atoms with E-state index in [2.05, 4.69) is 20.7 Å². The third-order valence-electron chi connectivity index (χ3n) is 3.81. The Kier molecular flexibility index (Phi) is 4.93. The van der Waals surface area contributed by atoms with Crippen LogP contribution in [-0.2, 0) is 16.4 Å². The van der Waals surface area contributed by atoms with Crippen LogP contribution in [0.1, 0.15) is 18.4 Å². The highest BCUT2D eigenvalue weighted by atomic mass is 32.2. The molecule has 2 rings (SSSR count). The molecule has 0 radical (unpaired) electrons. The zero-order chi connectivity index (χ0) is 15.3. The second kappa shape index (κ2) is 6.52. The van der Waals surface area contributed by atoms with Crippen LogP contribution in [0.15, 0.2) is 24.5 Å². The smallest absolute Gasteiger partial charge is 0.213 e. The van der Waals surface area contributed by atoms with Crippen molar-refractivity contribution in [1.29, 1.82) is 5.26 Å². The van der Waals surface area contributed by atoms with Crippen molar-refractivity contribution in [3.63, 3.8) is 0 Å². The van der Waals surface area contributed by atoms with Gasteiger partial charge in [0.15, 0.2) is 0 Å². The van der Waals surface area contributed by atoms with E-state index in [0.29, 0.717) is 19.3 Å². The summed E-state index contributed by atoms with van der Waals surface area (Å²) in [4.78, 5) is 6.00. The van der Waals surface area contributed by atoms with Crippen molar-refractivity contribution < 1.29 is 8.42 Å². The van der Waals surface area contributed by atoms with Crippen molar-refractivity contribution in [2.45, 2.75) is 24.8 Å². The van der Waals surface area contributed by atoms with Crippen LogP contribution in [0.2, 0.25) is 0 Å². The highest BCUT2D eigenvalue weighted by molar-refractivity contribution is 7.89. The molecule has 0 saturated carbocycles. The van der Waals surface area contributed by atoms with Crippen LogP contribution in [0.4, 0.5) is 0 Å². The molecule has 0 aromatic carbocycles. The third kappa shape index (κ3) is 4.49. The van der Waals surface area contributed by atoms with E-state index in [1.165, 1.54) is 0 Å². The summed E-state index contributed by atoms with van der Waals surface area (Å²) in [5.74, 6) is -0.0176. The fraction of sp³-hybridized carbons (Fsp3) is 0.571. The van der Waals surface area contributed by atoms with Crippen LogP contribution in [0.3, 0.4) is 0 Å². The van der Waals surface area contributed by atoms with Gasteiger partial charge in [-0.3, -0.25) is 4.98 Å². The molecule has 7 heteroatoms. The summed E-state index contributed by atoms with van der Waals surface area (Å²) in [5.41, 5.74) is -0.0337. The van der Waals surface area contributed by atoms with Gasteiger partial charge in [-0.25, -0.2) is 8.42 Å². The topological polar surface area (TPSA) is 86.1 Å². The quantitative estimate of drug-likeness (QED) is 0.857. The van der Waals surface area contributed by atoms with E-state index in [4.69, 9.17) is 0 Å². The summed E-state index contributed by atoms with van der Waals surface area (Å²) in [5, 5.41) is 9.37. The number of likely N-dealkylation sites (tertiary alicyclic amines) is 1. The molecular weight excluding hydrogens is 288 g/mol. The minimum Gasteiger partial charge on any atom is -0.306 e. The van der Waals surface area contributed by atoms with Crippen LogP contribution in [0.25, 0.3) is 0 Å². The Hall–Kier alpha value is -1.49. The Morgan fingerprint density at radius 2 is 2.00 bits per heavy atom. The van der Waals surface area contributed by atoms with E-state index in [-0.39, 0.29) is 5.75 Å². The summed E-state index contributed by atoms with van der Waals surface area (Å²) < 4.78 is 27.1. The lowest BCUT2D eigenvalue weighted by Crippen LogP contribution is -2.54. The number of aryl methyl sites for hydroxylation is 1. The average molecular weight is 308 g/mol. The molecule has 1 aliphatic heterocycles. The van der Waals surface area contributed by atoms with E-state index in [9.17, 15) is 13.7 Å². The molecule has 114 valence electrons. The lowest BCUT2D eigenvalue weighted by molar-refractivity contribution is 0.213. The van der Waals surface area contributed by atoms with Gasteiger partial charge in [0, 0.05) is 25.5 Å². The summed E-state index contributed by atoms with van der Waals surface area (Å²) >= 11 is 0. The van der Waals surface area contributed by atoms with Gasteiger partial charge >= 0.3 is 0 Å². The predicted molar refractivity (Wildman–Crippen MR) is 79.9 cm³/mol. The number of nitrogens with one attached hydrogen (secondary N) is 1. The van der Waals surface area contributed by atoms with E-state index in [0.717, 1.165) is 18.7 Å². The Morgan fingerprint density at radius 3 is 2.57 bits per heavy atom. The van der Waals surface area contributed by atoms with Crippen LogP contribution in [0.5, 0.6) is 0 Å². The highest BCUT2D eigenvalue weighted by Crippen LogP contribution is 2.22. The standard InChI is InChI=1S/C14H20N4O2S/c1-18-9-5-14(12-15,6-10-18)17-21(19,20)11-4-13-2-7-16-8-3-13/h2-3,7-8,17H,4-6,9-11H2,1H3. The molecule has 0 bridgehead atoms. The van der Waals surface area contributed by atoms with Gasteiger partial charge < -0.3 is 4.90 Å². The van der Waals surface area contributed by atoms with Gasteiger partial charge in [-0.2, -0.15) is 9.98 Å². The lowest BCUT2D eigenvalue weighted by atomic mass is 9.91. The van der Waals surface area contributed by atoms with E-state index >= 15 is 0 Å². The molecule has 0 aliphatic carbocycles. The second-order valence-electron chi connectivity index (χ2n) is 5.52. The summed E-state index contributed by atoms with van der Waals surface area (Å²) in [7, 11) is -1.51. The molecule has 0 spiro atoms. The second-order valence-corrected chi connectivity index (χ2v) is 7.37. The number of aromatic nitrogens is 1. The van der Waals surface area contributed by atoms with Crippen molar-refractivity contribution >= 4 is 10.0 Å². The summed E-state index contributed by atoms with van der Waals surface area (Å²) in [6, 6.07) is 5.76.